The average molecular weight is 236 g/mol. The minimum atomic E-state index is -0.590. The maximum Gasteiger partial charge on any atom is 0.167 e. The van der Waals surface area contributed by atoms with Gasteiger partial charge in [-0.1, -0.05) is 0 Å². The molecule has 15 heavy (non-hydrogen) atoms. The van der Waals surface area contributed by atoms with E-state index in [4.69, 9.17) is 11.6 Å². The molecular formula is C10H12ClF2NO. The van der Waals surface area contributed by atoms with Gasteiger partial charge in [-0.15, -0.1) is 11.6 Å². The van der Waals surface area contributed by atoms with Gasteiger partial charge < -0.3 is 10.1 Å². The molecule has 0 aliphatic rings. The Balaban J connectivity index is 2.76. The van der Waals surface area contributed by atoms with Crippen molar-refractivity contribution in [1.82, 2.24) is 0 Å². The standard InChI is InChI=1S/C10H12ClF2NO/c1-15-10-6-7(12)9(5-8(10)13)14-4-2-3-11/h5-6,14H,2-4H2,1H3. The first-order valence-corrected chi connectivity index (χ1v) is 5.05. The lowest BCUT2D eigenvalue weighted by molar-refractivity contribution is 0.383. The third-order valence-corrected chi connectivity index (χ3v) is 2.13. The molecule has 0 saturated heterocycles. The number of alkyl halides is 1. The van der Waals surface area contributed by atoms with Gasteiger partial charge in [0.25, 0.3) is 0 Å². The molecule has 0 bridgehead atoms. The molecule has 0 radical (unpaired) electrons. The molecule has 2 nitrogen and oxygen atoms in total. The third kappa shape index (κ3) is 3.23. The van der Waals surface area contributed by atoms with Crippen LogP contribution < -0.4 is 10.1 Å². The predicted molar refractivity (Wildman–Crippen MR) is 56.7 cm³/mol. The highest BCUT2D eigenvalue weighted by Gasteiger charge is 2.09. The zero-order chi connectivity index (χ0) is 11.3. The number of ether oxygens (including phenoxy) is 1. The Kier molecular flexibility index (Phi) is 4.62. The number of methoxy groups -OCH3 is 1. The smallest absolute Gasteiger partial charge is 0.167 e. The zero-order valence-corrected chi connectivity index (χ0v) is 9.07. The summed E-state index contributed by atoms with van der Waals surface area (Å²) in [6.07, 6.45) is 0.689. The molecule has 1 rings (SSSR count). The molecule has 0 fully saturated rings. The minimum Gasteiger partial charge on any atom is -0.494 e. The lowest BCUT2D eigenvalue weighted by atomic mass is 10.2. The molecule has 1 aromatic carbocycles. The Morgan fingerprint density at radius 3 is 2.67 bits per heavy atom. The minimum absolute atomic E-state index is 0.101. The number of rotatable bonds is 5. The summed E-state index contributed by atoms with van der Waals surface area (Å²) in [6, 6.07) is 2.08. The zero-order valence-electron chi connectivity index (χ0n) is 8.32. The van der Waals surface area contributed by atoms with Crippen LogP contribution in [0.1, 0.15) is 6.42 Å². The second-order valence-electron chi connectivity index (χ2n) is 2.94. The van der Waals surface area contributed by atoms with Gasteiger partial charge in [-0.2, -0.15) is 0 Å². The van der Waals surface area contributed by atoms with E-state index in [1.165, 1.54) is 7.11 Å². The first-order chi connectivity index (χ1) is 7.19. The third-order valence-electron chi connectivity index (χ3n) is 1.87. The van der Waals surface area contributed by atoms with Gasteiger partial charge in [0.2, 0.25) is 0 Å². The van der Waals surface area contributed by atoms with Crippen LogP contribution >= 0.6 is 11.6 Å². The number of hydrogen-bond donors (Lipinski definition) is 1. The van der Waals surface area contributed by atoms with Crippen LogP contribution in [0.2, 0.25) is 0 Å². The summed E-state index contributed by atoms with van der Waals surface area (Å²) in [7, 11) is 1.29. The maximum atomic E-state index is 13.3. The summed E-state index contributed by atoms with van der Waals surface area (Å²) >= 11 is 5.46. The summed E-state index contributed by atoms with van der Waals surface area (Å²) in [5.74, 6) is -0.752. The largest absolute Gasteiger partial charge is 0.494 e. The Morgan fingerprint density at radius 1 is 1.33 bits per heavy atom. The Morgan fingerprint density at radius 2 is 2.07 bits per heavy atom. The molecule has 0 spiro atoms. The van der Waals surface area contributed by atoms with Crippen LogP contribution in [0.5, 0.6) is 5.75 Å². The highest BCUT2D eigenvalue weighted by atomic mass is 35.5. The first kappa shape index (κ1) is 12.0. The highest BCUT2D eigenvalue weighted by molar-refractivity contribution is 6.17. The van der Waals surface area contributed by atoms with E-state index in [1.807, 2.05) is 0 Å². The number of halogens is 3. The van der Waals surface area contributed by atoms with E-state index < -0.39 is 11.6 Å². The molecule has 1 aromatic rings. The van der Waals surface area contributed by atoms with Gasteiger partial charge in [-0.3, -0.25) is 0 Å². The van der Waals surface area contributed by atoms with Gasteiger partial charge >= 0.3 is 0 Å². The van der Waals surface area contributed by atoms with E-state index in [0.717, 1.165) is 12.1 Å². The number of hydrogen-bond acceptors (Lipinski definition) is 2. The van der Waals surface area contributed by atoms with Crippen LogP contribution in [-0.2, 0) is 0 Å². The van der Waals surface area contributed by atoms with Crippen LogP contribution in [0.3, 0.4) is 0 Å². The lowest BCUT2D eigenvalue weighted by Crippen LogP contribution is -2.05. The van der Waals surface area contributed by atoms with Crippen LogP contribution in [-0.4, -0.2) is 19.5 Å². The molecule has 0 atom stereocenters. The van der Waals surface area contributed by atoms with E-state index in [9.17, 15) is 8.78 Å². The molecule has 84 valence electrons. The fourth-order valence-electron chi connectivity index (χ4n) is 1.11. The van der Waals surface area contributed by atoms with Crippen molar-refractivity contribution in [2.75, 3.05) is 24.9 Å². The Hall–Kier alpha value is -1.03. The molecule has 0 heterocycles. The van der Waals surface area contributed by atoms with Crippen LogP contribution in [0, 0.1) is 11.6 Å². The SMILES string of the molecule is COc1cc(F)c(NCCCCl)cc1F. The van der Waals surface area contributed by atoms with Crippen molar-refractivity contribution < 1.29 is 13.5 Å². The Bertz CT molecular complexity index is 333. The first-order valence-electron chi connectivity index (χ1n) is 4.52. The van der Waals surface area contributed by atoms with Gasteiger partial charge in [0.15, 0.2) is 11.6 Å². The van der Waals surface area contributed by atoms with Gasteiger partial charge in [-0.25, -0.2) is 8.78 Å². The van der Waals surface area contributed by atoms with Crippen molar-refractivity contribution in [3.63, 3.8) is 0 Å². The molecule has 0 saturated carbocycles. The molecular weight excluding hydrogens is 224 g/mol. The van der Waals surface area contributed by atoms with Crippen molar-refractivity contribution in [2.24, 2.45) is 0 Å². The van der Waals surface area contributed by atoms with Gasteiger partial charge in [0.1, 0.15) is 5.82 Å². The summed E-state index contributed by atoms with van der Waals surface area (Å²) in [5.41, 5.74) is 0.124. The van der Waals surface area contributed by atoms with Crippen molar-refractivity contribution in [3.8, 4) is 5.75 Å². The topological polar surface area (TPSA) is 21.3 Å². The number of anilines is 1. The summed E-state index contributed by atoms with van der Waals surface area (Å²) in [5, 5.41) is 2.75. The fourth-order valence-corrected chi connectivity index (χ4v) is 1.24. The van der Waals surface area contributed by atoms with E-state index in [1.54, 1.807) is 0 Å². The summed E-state index contributed by atoms with van der Waals surface area (Å²) in [6.45, 7) is 0.506. The normalized spacial score (nSPS) is 10.1. The molecule has 5 heteroatoms. The van der Waals surface area contributed by atoms with E-state index in [-0.39, 0.29) is 11.4 Å². The van der Waals surface area contributed by atoms with E-state index in [2.05, 4.69) is 10.1 Å². The van der Waals surface area contributed by atoms with Gasteiger partial charge in [0, 0.05) is 24.6 Å². The van der Waals surface area contributed by atoms with Crippen molar-refractivity contribution in [1.29, 1.82) is 0 Å². The quantitative estimate of drug-likeness (QED) is 0.626. The van der Waals surface area contributed by atoms with Crippen LogP contribution in [0.15, 0.2) is 12.1 Å². The monoisotopic (exact) mass is 235 g/mol. The molecule has 0 amide bonds. The van der Waals surface area contributed by atoms with E-state index in [0.29, 0.717) is 18.8 Å². The lowest BCUT2D eigenvalue weighted by Gasteiger charge is -2.08. The fraction of sp³-hybridized carbons (Fsp3) is 0.400. The van der Waals surface area contributed by atoms with Crippen LogP contribution in [0.4, 0.5) is 14.5 Å². The second kappa shape index (κ2) is 5.75. The van der Waals surface area contributed by atoms with Crippen molar-refractivity contribution >= 4 is 17.3 Å². The molecule has 0 aromatic heterocycles. The summed E-state index contributed by atoms with van der Waals surface area (Å²) in [4.78, 5) is 0. The summed E-state index contributed by atoms with van der Waals surface area (Å²) < 4.78 is 31.1. The van der Waals surface area contributed by atoms with Crippen molar-refractivity contribution in [2.45, 2.75) is 6.42 Å². The molecule has 0 aliphatic carbocycles. The second-order valence-corrected chi connectivity index (χ2v) is 3.31. The number of benzene rings is 1. The van der Waals surface area contributed by atoms with Gasteiger partial charge in [0.05, 0.1) is 12.8 Å². The van der Waals surface area contributed by atoms with Crippen LogP contribution in [0.25, 0.3) is 0 Å². The predicted octanol–water partition coefficient (Wildman–Crippen LogP) is 3.01. The molecule has 0 unspecified atom stereocenters. The molecule has 1 N–H and O–H groups in total. The number of nitrogens with one attached hydrogen (secondary N) is 1. The highest BCUT2D eigenvalue weighted by Crippen LogP contribution is 2.24. The van der Waals surface area contributed by atoms with Gasteiger partial charge in [-0.05, 0) is 6.42 Å². The maximum absolute atomic E-state index is 13.3. The average Bonchev–Trinajstić information content (AvgIpc) is 2.23. The van der Waals surface area contributed by atoms with Crippen molar-refractivity contribution in [3.05, 3.63) is 23.8 Å². The Labute approximate surface area is 92.2 Å². The molecule has 0 aliphatic heterocycles. The van der Waals surface area contributed by atoms with E-state index >= 15 is 0 Å².